The largest absolute Gasteiger partial charge is 0.467 e. The van der Waals surface area contributed by atoms with E-state index >= 15 is 0 Å². The maximum absolute atomic E-state index is 13.7. The van der Waals surface area contributed by atoms with Gasteiger partial charge in [0, 0.05) is 63.6 Å². The highest BCUT2D eigenvalue weighted by molar-refractivity contribution is 7.11. The van der Waals surface area contributed by atoms with E-state index in [1.54, 1.807) is 37.7 Å². The lowest BCUT2D eigenvalue weighted by atomic mass is 9.98. The third-order valence-corrected chi connectivity index (χ3v) is 8.40. The molecule has 1 amide bonds. The molecule has 10 nitrogen and oxygen atoms in total. The van der Waals surface area contributed by atoms with Gasteiger partial charge in [0.05, 0.1) is 12.0 Å². The van der Waals surface area contributed by atoms with Crippen molar-refractivity contribution in [2.45, 2.75) is 44.4 Å². The van der Waals surface area contributed by atoms with Crippen molar-refractivity contribution >= 4 is 33.9 Å². The number of rotatable bonds is 7. The molecular formula is C27H32N6O4S. The number of likely N-dealkylation sites (tertiary alicyclic amines) is 2. The van der Waals surface area contributed by atoms with Gasteiger partial charge in [0.15, 0.2) is 0 Å². The molecule has 2 fully saturated rings. The summed E-state index contributed by atoms with van der Waals surface area (Å²) in [6.07, 6.45) is 7.57. The maximum atomic E-state index is 13.7. The Morgan fingerprint density at radius 3 is 2.68 bits per heavy atom. The minimum atomic E-state index is -0.170. The lowest BCUT2D eigenvalue weighted by molar-refractivity contribution is 0.0419. The van der Waals surface area contributed by atoms with Crippen molar-refractivity contribution in [3.63, 3.8) is 0 Å². The lowest BCUT2D eigenvalue weighted by Crippen LogP contribution is -2.50. The fraction of sp³-hybridized carbons (Fsp3) is 0.481. The van der Waals surface area contributed by atoms with Gasteiger partial charge < -0.3 is 18.9 Å². The average molecular weight is 537 g/mol. The number of carbonyl (C=O) groups excluding carboxylic acids is 1. The highest BCUT2D eigenvalue weighted by Gasteiger charge is 2.32. The molecule has 0 unspecified atom stereocenters. The normalized spacial score (nSPS) is 18.0. The topological polar surface area (TPSA) is 94.2 Å². The summed E-state index contributed by atoms with van der Waals surface area (Å²) >= 11 is 1.54. The number of pyridine rings is 1. The van der Waals surface area contributed by atoms with Gasteiger partial charge >= 0.3 is 0 Å². The van der Waals surface area contributed by atoms with Crippen molar-refractivity contribution in [1.82, 2.24) is 28.7 Å². The second-order valence-electron chi connectivity index (χ2n) is 9.93. The third-order valence-electron chi connectivity index (χ3n) is 7.74. The van der Waals surface area contributed by atoms with Crippen molar-refractivity contribution in [3.05, 3.63) is 58.1 Å². The fourth-order valence-corrected chi connectivity index (χ4v) is 6.26. The molecule has 0 atom stereocenters. The third kappa shape index (κ3) is 4.81. The number of piperidine rings is 2. The Morgan fingerprint density at radius 1 is 1.13 bits per heavy atom. The zero-order valence-electron chi connectivity index (χ0n) is 21.5. The van der Waals surface area contributed by atoms with Gasteiger partial charge in [-0.05, 0) is 43.9 Å². The van der Waals surface area contributed by atoms with Crippen LogP contribution in [0.2, 0.25) is 0 Å². The van der Waals surface area contributed by atoms with E-state index in [-0.39, 0.29) is 17.6 Å². The van der Waals surface area contributed by atoms with Gasteiger partial charge in [0.25, 0.3) is 16.7 Å². The van der Waals surface area contributed by atoms with Crippen LogP contribution in [-0.2, 0) is 11.3 Å². The SMILES string of the molecule is COCCn1c(C(=O)N2CCC(N3CCC(Oc4nccs4)CC3)CC2)cc2c(=O)n3ccccc3nc21. The summed E-state index contributed by atoms with van der Waals surface area (Å²) in [4.78, 5) is 40.4. The van der Waals surface area contributed by atoms with Crippen molar-refractivity contribution in [2.24, 2.45) is 0 Å². The highest BCUT2D eigenvalue weighted by atomic mass is 32.1. The number of thiazole rings is 1. The quantitative estimate of drug-likeness (QED) is 0.359. The van der Waals surface area contributed by atoms with Crippen molar-refractivity contribution < 1.29 is 14.3 Å². The second-order valence-corrected chi connectivity index (χ2v) is 10.8. The number of hydrogen-bond donors (Lipinski definition) is 0. The van der Waals surface area contributed by atoms with Gasteiger partial charge in [-0.2, -0.15) is 0 Å². The lowest BCUT2D eigenvalue weighted by Gasteiger charge is -2.41. The van der Waals surface area contributed by atoms with Crippen LogP contribution in [0.4, 0.5) is 0 Å². The molecule has 2 saturated heterocycles. The van der Waals surface area contributed by atoms with Gasteiger partial charge in [-0.25, -0.2) is 9.97 Å². The van der Waals surface area contributed by atoms with E-state index < -0.39 is 0 Å². The van der Waals surface area contributed by atoms with Gasteiger partial charge in [-0.1, -0.05) is 17.4 Å². The summed E-state index contributed by atoms with van der Waals surface area (Å²) in [5, 5.41) is 3.14. The molecule has 4 aromatic heterocycles. The number of methoxy groups -OCH3 is 1. The average Bonchev–Trinajstić information content (AvgIpc) is 3.60. The molecule has 2 aliphatic heterocycles. The molecule has 0 bridgehead atoms. The van der Waals surface area contributed by atoms with E-state index in [0.29, 0.717) is 54.7 Å². The molecule has 0 aromatic carbocycles. The number of aromatic nitrogens is 4. The number of fused-ring (bicyclic) bond motifs is 2. The predicted octanol–water partition coefficient (Wildman–Crippen LogP) is 2.90. The van der Waals surface area contributed by atoms with Crippen molar-refractivity contribution in [2.75, 3.05) is 39.9 Å². The van der Waals surface area contributed by atoms with E-state index in [0.717, 1.165) is 44.0 Å². The summed E-state index contributed by atoms with van der Waals surface area (Å²) < 4.78 is 14.7. The van der Waals surface area contributed by atoms with Crippen molar-refractivity contribution in [3.8, 4) is 5.19 Å². The first kappa shape index (κ1) is 25.0. The summed E-state index contributed by atoms with van der Waals surface area (Å²) in [6, 6.07) is 7.63. The van der Waals surface area contributed by atoms with E-state index in [4.69, 9.17) is 14.5 Å². The van der Waals surface area contributed by atoms with Gasteiger partial charge in [-0.3, -0.25) is 18.9 Å². The monoisotopic (exact) mass is 536 g/mol. The van der Waals surface area contributed by atoms with Crippen LogP contribution in [0.25, 0.3) is 16.7 Å². The molecule has 0 N–H and O–H groups in total. The van der Waals surface area contributed by atoms with Gasteiger partial charge in [0.2, 0.25) is 0 Å². The van der Waals surface area contributed by atoms with Crippen LogP contribution in [0.1, 0.15) is 36.2 Å². The molecule has 2 aliphatic rings. The van der Waals surface area contributed by atoms with Crippen LogP contribution >= 0.6 is 11.3 Å². The zero-order valence-corrected chi connectivity index (χ0v) is 22.3. The van der Waals surface area contributed by atoms with Crippen molar-refractivity contribution in [1.29, 1.82) is 0 Å². The minimum Gasteiger partial charge on any atom is -0.467 e. The fourth-order valence-electron chi connectivity index (χ4n) is 5.70. The highest BCUT2D eigenvalue weighted by Crippen LogP contribution is 2.26. The Bertz CT molecular complexity index is 1470. The Morgan fingerprint density at radius 2 is 1.95 bits per heavy atom. The molecule has 11 heteroatoms. The molecule has 6 heterocycles. The number of hydrogen-bond acceptors (Lipinski definition) is 8. The Hall–Kier alpha value is -3.28. The molecular weight excluding hydrogens is 504 g/mol. The van der Waals surface area contributed by atoms with Crippen LogP contribution in [0.3, 0.4) is 0 Å². The first-order chi connectivity index (χ1) is 18.6. The Kier molecular flexibility index (Phi) is 7.14. The van der Waals surface area contributed by atoms with Gasteiger partial charge in [0.1, 0.15) is 23.1 Å². The molecule has 0 saturated carbocycles. The first-order valence-corrected chi connectivity index (χ1v) is 14.1. The summed E-state index contributed by atoms with van der Waals surface area (Å²) in [7, 11) is 1.63. The van der Waals surface area contributed by atoms with Crippen LogP contribution in [-0.4, -0.2) is 86.7 Å². The minimum absolute atomic E-state index is 0.0541. The second kappa shape index (κ2) is 10.8. The number of amides is 1. The molecule has 0 spiro atoms. The van der Waals surface area contributed by atoms with Crippen LogP contribution in [0.5, 0.6) is 5.19 Å². The standard InChI is InChI=1S/C27H32N6O4S/c1-36-16-15-32-22(18-21-24(32)29-23-4-2-3-10-33(23)25(21)34)26(35)31-11-5-19(6-12-31)30-13-7-20(8-14-30)37-27-28-9-17-38-27/h2-4,9-10,17-20H,5-8,11-16H2,1H3. The van der Waals surface area contributed by atoms with Crippen LogP contribution < -0.4 is 10.3 Å². The summed E-state index contributed by atoms with van der Waals surface area (Å²) in [5.74, 6) is -0.0541. The van der Waals surface area contributed by atoms with Crippen LogP contribution in [0.15, 0.2) is 46.8 Å². The molecule has 4 aromatic rings. The molecule has 0 radical (unpaired) electrons. The van der Waals surface area contributed by atoms with Gasteiger partial charge in [-0.15, -0.1) is 0 Å². The predicted molar refractivity (Wildman–Crippen MR) is 145 cm³/mol. The van der Waals surface area contributed by atoms with Crippen LogP contribution in [0, 0.1) is 0 Å². The van der Waals surface area contributed by atoms with E-state index in [1.165, 1.54) is 15.7 Å². The molecule has 6 rings (SSSR count). The van der Waals surface area contributed by atoms with E-state index in [1.807, 2.05) is 20.9 Å². The maximum Gasteiger partial charge on any atom is 0.273 e. The summed E-state index contributed by atoms with van der Waals surface area (Å²) in [6.45, 7) is 4.26. The number of carbonyl (C=O) groups is 1. The van der Waals surface area contributed by atoms with E-state index in [2.05, 4.69) is 9.88 Å². The zero-order chi connectivity index (χ0) is 26.1. The summed E-state index contributed by atoms with van der Waals surface area (Å²) in [5.41, 5.74) is 1.41. The molecule has 38 heavy (non-hydrogen) atoms. The smallest absolute Gasteiger partial charge is 0.273 e. The number of nitrogens with zero attached hydrogens (tertiary/aromatic N) is 6. The Balaban J connectivity index is 1.15. The molecule has 200 valence electrons. The first-order valence-electron chi connectivity index (χ1n) is 13.2. The molecule has 0 aliphatic carbocycles. The number of ether oxygens (including phenoxy) is 2. The van der Waals surface area contributed by atoms with E-state index in [9.17, 15) is 9.59 Å². The Labute approximate surface area is 224 Å².